The number of amides is 1. The maximum atomic E-state index is 13.5. The van der Waals surface area contributed by atoms with E-state index in [0.717, 1.165) is 6.07 Å². The first-order valence-corrected chi connectivity index (χ1v) is 6.83. The number of anilines is 2. The van der Waals surface area contributed by atoms with E-state index in [1.54, 1.807) is 12.1 Å². The minimum Gasteiger partial charge on any atom is -0.465 e. The highest BCUT2D eigenvalue weighted by molar-refractivity contribution is 7.21. The van der Waals surface area contributed by atoms with E-state index >= 15 is 0 Å². The van der Waals surface area contributed by atoms with Gasteiger partial charge in [0.05, 0.1) is 5.69 Å². The van der Waals surface area contributed by atoms with E-state index in [9.17, 15) is 9.18 Å². The van der Waals surface area contributed by atoms with Crippen molar-refractivity contribution in [1.29, 1.82) is 0 Å². The van der Waals surface area contributed by atoms with Crippen LogP contribution in [0.15, 0.2) is 30.3 Å². The van der Waals surface area contributed by atoms with Crippen LogP contribution in [0.1, 0.15) is 0 Å². The van der Waals surface area contributed by atoms with Crippen LogP contribution in [0.25, 0.3) is 10.3 Å². The lowest BCUT2D eigenvalue weighted by Crippen LogP contribution is -2.08. The van der Waals surface area contributed by atoms with Crippen LogP contribution in [0, 0.1) is 5.82 Å². The van der Waals surface area contributed by atoms with Gasteiger partial charge in [-0.15, -0.1) is 0 Å². The molecule has 2 aromatic heterocycles. The molecule has 4 N–H and O–H groups in total. The lowest BCUT2D eigenvalue weighted by Gasteiger charge is -2.07. The number of thiazole rings is 1. The largest absolute Gasteiger partial charge is 0.465 e. The second-order valence-electron chi connectivity index (χ2n) is 4.20. The van der Waals surface area contributed by atoms with Crippen molar-refractivity contribution in [3.8, 4) is 11.6 Å². The molecule has 112 valence electrons. The predicted molar refractivity (Wildman–Crippen MR) is 79.9 cm³/mol. The normalized spacial score (nSPS) is 10.6. The van der Waals surface area contributed by atoms with E-state index < -0.39 is 11.9 Å². The Morgan fingerprint density at radius 1 is 1.32 bits per heavy atom. The molecular formula is C13H9FN4O3S. The van der Waals surface area contributed by atoms with Gasteiger partial charge < -0.3 is 15.6 Å². The summed E-state index contributed by atoms with van der Waals surface area (Å²) in [5.74, 6) is -0.188. The van der Waals surface area contributed by atoms with Gasteiger partial charge in [-0.25, -0.2) is 19.2 Å². The van der Waals surface area contributed by atoms with Gasteiger partial charge in [0, 0.05) is 12.1 Å². The highest BCUT2D eigenvalue weighted by atomic mass is 32.1. The zero-order chi connectivity index (χ0) is 15.7. The molecule has 2 heterocycles. The number of halogens is 1. The summed E-state index contributed by atoms with van der Waals surface area (Å²) in [6, 6.07) is 7.00. The van der Waals surface area contributed by atoms with Crippen molar-refractivity contribution >= 4 is 38.6 Å². The standard InChI is InChI=1S/C13H9FN4O3S/c14-7-2-1-6(5-9(7)17-13(19)20)21-10-4-3-8-11(18-10)22-12(15)16-8/h1-5,17H,(H2,15,16)(H,19,20). The van der Waals surface area contributed by atoms with Gasteiger partial charge in [-0.05, 0) is 18.2 Å². The molecule has 3 rings (SSSR count). The fourth-order valence-corrected chi connectivity index (χ4v) is 2.47. The zero-order valence-electron chi connectivity index (χ0n) is 10.9. The summed E-state index contributed by atoms with van der Waals surface area (Å²) in [6.45, 7) is 0. The number of nitrogens with one attached hydrogen (secondary N) is 1. The number of ether oxygens (including phenoxy) is 1. The van der Waals surface area contributed by atoms with Gasteiger partial charge in [-0.3, -0.25) is 5.32 Å². The smallest absolute Gasteiger partial charge is 0.409 e. The number of aromatic nitrogens is 2. The number of pyridine rings is 1. The van der Waals surface area contributed by atoms with E-state index in [0.29, 0.717) is 15.5 Å². The second kappa shape index (κ2) is 5.45. The van der Waals surface area contributed by atoms with E-state index in [1.807, 2.05) is 5.32 Å². The van der Waals surface area contributed by atoms with Crippen molar-refractivity contribution < 1.29 is 19.0 Å². The first-order chi connectivity index (χ1) is 10.5. The average molecular weight is 320 g/mol. The fraction of sp³-hybridized carbons (Fsp3) is 0. The molecule has 0 fully saturated rings. The summed E-state index contributed by atoms with van der Waals surface area (Å²) < 4.78 is 19.0. The van der Waals surface area contributed by atoms with Crippen LogP contribution in [0.2, 0.25) is 0 Å². The van der Waals surface area contributed by atoms with Crippen molar-refractivity contribution in [3.63, 3.8) is 0 Å². The Morgan fingerprint density at radius 3 is 2.91 bits per heavy atom. The van der Waals surface area contributed by atoms with Crippen LogP contribution in [0.4, 0.5) is 20.0 Å². The van der Waals surface area contributed by atoms with Gasteiger partial charge in [0.25, 0.3) is 0 Å². The van der Waals surface area contributed by atoms with Gasteiger partial charge in [0.2, 0.25) is 5.88 Å². The topological polar surface area (TPSA) is 110 Å². The first kappa shape index (κ1) is 14.0. The minimum absolute atomic E-state index is 0.201. The molecular weight excluding hydrogens is 311 g/mol. The number of benzene rings is 1. The maximum absolute atomic E-state index is 13.5. The molecule has 1 aromatic carbocycles. The molecule has 0 spiro atoms. The summed E-state index contributed by atoms with van der Waals surface area (Å²) in [6.07, 6.45) is -1.37. The zero-order valence-corrected chi connectivity index (χ0v) is 11.7. The van der Waals surface area contributed by atoms with E-state index in [-0.39, 0.29) is 17.3 Å². The highest BCUT2D eigenvalue weighted by Gasteiger charge is 2.09. The molecule has 1 amide bonds. The van der Waals surface area contributed by atoms with Crippen molar-refractivity contribution in [3.05, 3.63) is 36.1 Å². The van der Waals surface area contributed by atoms with Crippen molar-refractivity contribution in [2.45, 2.75) is 0 Å². The Kier molecular flexibility index (Phi) is 3.47. The quantitative estimate of drug-likeness (QED) is 0.683. The third-order valence-electron chi connectivity index (χ3n) is 2.65. The number of nitrogens with two attached hydrogens (primary N) is 1. The van der Waals surface area contributed by atoms with Gasteiger partial charge in [-0.1, -0.05) is 11.3 Å². The van der Waals surface area contributed by atoms with Crippen LogP contribution in [-0.2, 0) is 0 Å². The highest BCUT2D eigenvalue weighted by Crippen LogP contribution is 2.28. The molecule has 0 aliphatic rings. The lowest BCUT2D eigenvalue weighted by atomic mass is 10.3. The number of carbonyl (C=O) groups is 1. The van der Waals surface area contributed by atoms with Crippen LogP contribution >= 0.6 is 11.3 Å². The SMILES string of the molecule is Nc1nc2ccc(Oc3ccc(F)c(NC(=O)O)c3)nc2s1. The molecule has 7 nitrogen and oxygen atoms in total. The van der Waals surface area contributed by atoms with Crippen molar-refractivity contribution in [1.82, 2.24) is 9.97 Å². The van der Waals surface area contributed by atoms with Crippen LogP contribution in [0.3, 0.4) is 0 Å². The van der Waals surface area contributed by atoms with Crippen LogP contribution in [-0.4, -0.2) is 21.2 Å². The molecule has 0 saturated heterocycles. The molecule has 0 aliphatic carbocycles. The van der Waals surface area contributed by atoms with Gasteiger partial charge in [-0.2, -0.15) is 0 Å². The number of nitrogen functional groups attached to an aromatic ring is 1. The fourth-order valence-electron chi connectivity index (χ4n) is 1.77. The number of hydrogen-bond acceptors (Lipinski definition) is 6. The molecule has 0 bridgehead atoms. The molecule has 0 radical (unpaired) electrons. The number of nitrogens with zero attached hydrogens (tertiary/aromatic N) is 2. The summed E-state index contributed by atoms with van der Waals surface area (Å²) in [4.78, 5) is 19.5. The molecule has 0 aliphatic heterocycles. The van der Waals surface area contributed by atoms with E-state index in [1.165, 1.54) is 23.5 Å². The summed E-state index contributed by atoms with van der Waals surface area (Å²) in [5.41, 5.74) is 6.05. The molecule has 9 heteroatoms. The lowest BCUT2D eigenvalue weighted by molar-refractivity contribution is 0.209. The van der Waals surface area contributed by atoms with E-state index in [2.05, 4.69) is 9.97 Å². The Morgan fingerprint density at radius 2 is 2.14 bits per heavy atom. The Balaban J connectivity index is 1.88. The molecule has 0 atom stereocenters. The van der Waals surface area contributed by atoms with Crippen LogP contribution < -0.4 is 15.8 Å². The third kappa shape index (κ3) is 2.88. The number of rotatable bonds is 3. The molecule has 0 unspecified atom stereocenters. The molecule has 22 heavy (non-hydrogen) atoms. The Labute approximate surface area is 127 Å². The predicted octanol–water partition coefficient (Wildman–Crippen LogP) is 3.29. The van der Waals surface area contributed by atoms with Gasteiger partial charge in [0.15, 0.2) is 5.13 Å². The van der Waals surface area contributed by atoms with Crippen LogP contribution in [0.5, 0.6) is 11.6 Å². The number of hydrogen-bond donors (Lipinski definition) is 3. The molecule has 0 saturated carbocycles. The number of fused-ring (bicyclic) bond motifs is 1. The van der Waals surface area contributed by atoms with Gasteiger partial charge >= 0.3 is 6.09 Å². The minimum atomic E-state index is -1.37. The number of carboxylic acid groups (broad SMARTS) is 1. The Bertz CT molecular complexity index is 868. The third-order valence-corrected chi connectivity index (χ3v) is 3.44. The van der Waals surface area contributed by atoms with Gasteiger partial charge in [0.1, 0.15) is 21.9 Å². The maximum Gasteiger partial charge on any atom is 0.409 e. The summed E-state index contributed by atoms with van der Waals surface area (Å²) in [7, 11) is 0. The average Bonchev–Trinajstić information content (AvgIpc) is 2.81. The van der Waals surface area contributed by atoms with Crippen molar-refractivity contribution in [2.75, 3.05) is 11.1 Å². The van der Waals surface area contributed by atoms with E-state index in [4.69, 9.17) is 15.6 Å². The molecule has 3 aromatic rings. The van der Waals surface area contributed by atoms with Crippen molar-refractivity contribution in [2.24, 2.45) is 0 Å². The summed E-state index contributed by atoms with van der Waals surface area (Å²) in [5, 5.41) is 11.0. The summed E-state index contributed by atoms with van der Waals surface area (Å²) >= 11 is 1.22. The monoisotopic (exact) mass is 320 g/mol. The Hall–Kier alpha value is -2.94. The second-order valence-corrected chi connectivity index (χ2v) is 5.21. The first-order valence-electron chi connectivity index (χ1n) is 6.02.